The Morgan fingerprint density at radius 2 is 2.14 bits per heavy atom. The van der Waals surface area contributed by atoms with Crippen LogP contribution in [0.3, 0.4) is 0 Å². The Labute approximate surface area is 160 Å². The first-order valence-corrected chi connectivity index (χ1v) is 9.52. The van der Waals surface area contributed by atoms with Gasteiger partial charge in [0, 0.05) is 24.9 Å². The van der Waals surface area contributed by atoms with Crippen LogP contribution in [-0.2, 0) is 20.7 Å². The van der Waals surface area contributed by atoms with Crippen molar-refractivity contribution in [3.63, 3.8) is 0 Å². The summed E-state index contributed by atoms with van der Waals surface area (Å²) >= 11 is 0. The molecule has 3 fully saturated rings. The lowest BCUT2D eigenvalue weighted by Gasteiger charge is -2.55. The molecule has 2 saturated heterocycles. The number of H-pyrrole nitrogens is 1. The molecule has 154 valence electrons. The molecule has 0 radical (unpaired) electrons. The van der Waals surface area contributed by atoms with Crippen molar-refractivity contribution in [3.8, 4) is 0 Å². The normalized spacial score (nSPS) is 26.5. The van der Waals surface area contributed by atoms with Crippen molar-refractivity contribution in [3.05, 3.63) is 18.2 Å². The molecule has 1 aliphatic carbocycles. The first-order valence-electron chi connectivity index (χ1n) is 9.52. The molecule has 4 rings (SSSR count). The molecule has 1 saturated carbocycles. The van der Waals surface area contributed by atoms with E-state index in [1.54, 1.807) is 11.1 Å². The van der Waals surface area contributed by atoms with E-state index in [1.165, 1.54) is 6.33 Å². The standard InChI is InChI=1S/C18H24F2N4O4/c19-18(20)8-23(9-18)15(26)5-13-7-24(17(10-28-13)2-1-3-17)16(27)14(25)4-12-6-21-11-22-12/h6,11,13-14,25H,1-5,7-10H2,(H,21,22)/t13?,14-/m1/s1. The van der Waals surface area contributed by atoms with Gasteiger partial charge < -0.3 is 24.6 Å². The van der Waals surface area contributed by atoms with Crippen LogP contribution in [0, 0.1) is 0 Å². The number of amides is 2. The zero-order chi connectivity index (χ0) is 19.9. The summed E-state index contributed by atoms with van der Waals surface area (Å²) in [4.78, 5) is 34.6. The maximum absolute atomic E-state index is 13.0. The summed E-state index contributed by atoms with van der Waals surface area (Å²) in [5, 5.41) is 10.4. The highest BCUT2D eigenvalue weighted by atomic mass is 19.3. The highest BCUT2D eigenvalue weighted by molar-refractivity contribution is 5.82. The van der Waals surface area contributed by atoms with Crippen LogP contribution in [0.2, 0.25) is 0 Å². The van der Waals surface area contributed by atoms with E-state index in [-0.39, 0.29) is 19.4 Å². The summed E-state index contributed by atoms with van der Waals surface area (Å²) in [6, 6.07) is 0. The van der Waals surface area contributed by atoms with E-state index >= 15 is 0 Å². The second-order valence-electron chi connectivity index (χ2n) is 8.07. The van der Waals surface area contributed by atoms with Gasteiger partial charge in [-0.15, -0.1) is 0 Å². The predicted molar refractivity (Wildman–Crippen MR) is 92.5 cm³/mol. The van der Waals surface area contributed by atoms with Crippen molar-refractivity contribution >= 4 is 11.8 Å². The number of alkyl halides is 2. The maximum Gasteiger partial charge on any atom is 0.282 e. The number of likely N-dealkylation sites (tertiary alicyclic amines) is 1. The Hall–Kier alpha value is -2.07. The molecule has 10 heteroatoms. The number of aliphatic hydroxyl groups is 1. The van der Waals surface area contributed by atoms with E-state index < -0.39 is 48.6 Å². The Kier molecular flexibility index (Phi) is 4.86. The van der Waals surface area contributed by atoms with Gasteiger partial charge in [-0.05, 0) is 19.3 Å². The number of nitrogens with zero attached hydrogens (tertiary/aromatic N) is 3. The zero-order valence-electron chi connectivity index (χ0n) is 15.4. The number of rotatable bonds is 5. The fraction of sp³-hybridized carbons (Fsp3) is 0.722. The van der Waals surface area contributed by atoms with E-state index in [2.05, 4.69) is 9.97 Å². The molecule has 3 aliphatic rings. The first kappa shape index (κ1) is 19.3. The SMILES string of the molecule is O=C(CC1CN(C(=O)[C@H](O)Cc2cnc[nH]2)C2(CCC2)CO1)N1CC(F)(F)C1. The van der Waals surface area contributed by atoms with Gasteiger partial charge >= 0.3 is 0 Å². The van der Waals surface area contributed by atoms with Crippen LogP contribution in [0.15, 0.2) is 12.5 Å². The molecular weight excluding hydrogens is 374 g/mol. The lowest BCUT2D eigenvalue weighted by molar-refractivity contribution is -0.185. The van der Waals surface area contributed by atoms with Gasteiger partial charge in [-0.1, -0.05) is 0 Å². The van der Waals surface area contributed by atoms with Gasteiger partial charge in [0.2, 0.25) is 5.91 Å². The number of imidazole rings is 1. The predicted octanol–water partition coefficient (Wildman–Crippen LogP) is 0.331. The molecule has 8 nitrogen and oxygen atoms in total. The van der Waals surface area contributed by atoms with E-state index in [0.29, 0.717) is 12.3 Å². The van der Waals surface area contributed by atoms with Crippen LogP contribution in [0.5, 0.6) is 0 Å². The molecule has 2 atom stereocenters. The molecule has 1 spiro atoms. The largest absolute Gasteiger partial charge is 0.383 e. The van der Waals surface area contributed by atoms with Gasteiger partial charge in [0.15, 0.2) is 0 Å². The van der Waals surface area contributed by atoms with E-state index in [4.69, 9.17) is 4.74 Å². The summed E-state index contributed by atoms with van der Waals surface area (Å²) in [5.41, 5.74) is 0.220. The van der Waals surface area contributed by atoms with Crippen LogP contribution in [0.1, 0.15) is 31.4 Å². The van der Waals surface area contributed by atoms with Crippen LogP contribution in [0.25, 0.3) is 0 Å². The zero-order valence-corrected chi connectivity index (χ0v) is 15.4. The van der Waals surface area contributed by atoms with Crippen molar-refractivity contribution in [1.82, 2.24) is 19.8 Å². The first-order chi connectivity index (χ1) is 13.3. The quantitative estimate of drug-likeness (QED) is 0.745. The molecule has 0 aromatic carbocycles. The van der Waals surface area contributed by atoms with Gasteiger partial charge in [0.05, 0.1) is 44.1 Å². The van der Waals surface area contributed by atoms with Gasteiger partial charge in [-0.3, -0.25) is 9.59 Å². The van der Waals surface area contributed by atoms with Gasteiger partial charge in [0.25, 0.3) is 11.8 Å². The molecule has 1 aromatic heterocycles. The Bertz CT molecular complexity index is 730. The number of aromatic nitrogens is 2. The third-order valence-corrected chi connectivity index (χ3v) is 5.95. The lowest BCUT2D eigenvalue weighted by atomic mass is 9.74. The van der Waals surface area contributed by atoms with Crippen molar-refractivity contribution < 1.29 is 28.2 Å². The lowest BCUT2D eigenvalue weighted by Crippen LogP contribution is -2.67. The van der Waals surface area contributed by atoms with Crippen molar-refractivity contribution in [1.29, 1.82) is 0 Å². The van der Waals surface area contributed by atoms with E-state index in [9.17, 15) is 23.5 Å². The number of hydrogen-bond acceptors (Lipinski definition) is 5. The van der Waals surface area contributed by atoms with Crippen LogP contribution < -0.4 is 0 Å². The number of aliphatic hydroxyl groups excluding tert-OH is 1. The number of aromatic amines is 1. The topological polar surface area (TPSA) is 98.8 Å². The summed E-state index contributed by atoms with van der Waals surface area (Å²) in [7, 11) is 0. The van der Waals surface area contributed by atoms with Crippen LogP contribution >= 0.6 is 0 Å². The smallest absolute Gasteiger partial charge is 0.282 e. The average Bonchev–Trinajstić information content (AvgIpc) is 3.10. The third-order valence-electron chi connectivity index (χ3n) is 5.95. The fourth-order valence-corrected chi connectivity index (χ4v) is 4.13. The van der Waals surface area contributed by atoms with Crippen molar-refractivity contribution in [2.45, 2.75) is 55.8 Å². The number of ether oxygens (including phenoxy) is 1. The number of hydrogen-bond donors (Lipinski definition) is 2. The van der Waals surface area contributed by atoms with E-state index in [1.807, 2.05) is 0 Å². The number of carbonyl (C=O) groups is 2. The van der Waals surface area contributed by atoms with Crippen molar-refractivity contribution in [2.75, 3.05) is 26.2 Å². The summed E-state index contributed by atoms with van der Waals surface area (Å²) < 4.78 is 31.8. The molecule has 2 N–H and O–H groups in total. The average molecular weight is 398 g/mol. The molecule has 2 aliphatic heterocycles. The van der Waals surface area contributed by atoms with Gasteiger partial charge in [-0.25, -0.2) is 13.8 Å². The number of nitrogens with one attached hydrogen (secondary N) is 1. The number of halogens is 2. The second kappa shape index (κ2) is 7.07. The summed E-state index contributed by atoms with van der Waals surface area (Å²) in [5.74, 6) is -3.60. The Morgan fingerprint density at radius 3 is 2.71 bits per heavy atom. The maximum atomic E-state index is 13.0. The second-order valence-corrected chi connectivity index (χ2v) is 8.07. The highest BCUT2D eigenvalue weighted by Crippen LogP contribution is 2.41. The van der Waals surface area contributed by atoms with E-state index in [0.717, 1.165) is 24.2 Å². The fourth-order valence-electron chi connectivity index (χ4n) is 4.13. The highest BCUT2D eigenvalue weighted by Gasteiger charge is 2.51. The molecule has 1 aromatic rings. The monoisotopic (exact) mass is 398 g/mol. The Balaban J connectivity index is 1.39. The third kappa shape index (κ3) is 3.62. The summed E-state index contributed by atoms with van der Waals surface area (Å²) in [6.45, 7) is -0.652. The molecule has 3 heterocycles. The van der Waals surface area contributed by atoms with Crippen LogP contribution in [-0.4, -0.2) is 86.6 Å². The minimum atomic E-state index is -2.81. The molecule has 28 heavy (non-hydrogen) atoms. The molecule has 1 unspecified atom stereocenters. The number of morpholine rings is 1. The Morgan fingerprint density at radius 1 is 1.39 bits per heavy atom. The van der Waals surface area contributed by atoms with Crippen LogP contribution in [0.4, 0.5) is 8.78 Å². The summed E-state index contributed by atoms with van der Waals surface area (Å²) in [6.07, 6.45) is 3.87. The molecule has 2 amide bonds. The molecule has 0 bridgehead atoms. The van der Waals surface area contributed by atoms with Crippen molar-refractivity contribution in [2.24, 2.45) is 0 Å². The number of carbonyl (C=O) groups excluding carboxylic acids is 2. The minimum absolute atomic E-state index is 0.0490. The minimum Gasteiger partial charge on any atom is -0.383 e. The van der Waals surface area contributed by atoms with Gasteiger partial charge in [0.1, 0.15) is 6.10 Å². The molecular formula is C18H24F2N4O4. The van der Waals surface area contributed by atoms with Gasteiger partial charge in [-0.2, -0.15) is 0 Å².